The number of fused-ring (bicyclic) bond motifs is 1. The summed E-state index contributed by atoms with van der Waals surface area (Å²) in [6, 6.07) is 5.98. The van der Waals surface area contributed by atoms with Crippen LogP contribution in [0.5, 0.6) is 5.75 Å². The van der Waals surface area contributed by atoms with Crippen molar-refractivity contribution >= 4 is 0 Å². The van der Waals surface area contributed by atoms with Gasteiger partial charge < -0.3 is 20.5 Å². The lowest BCUT2D eigenvalue weighted by atomic mass is 9.95. The SMILES string of the molecule is CN(C)C(c1ccc2c(c1)CCCO2)C(N)CO. The van der Waals surface area contributed by atoms with Gasteiger partial charge in [-0.15, -0.1) is 0 Å². The topological polar surface area (TPSA) is 58.7 Å². The molecule has 0 radical (unpaired) electrons. The summed E-state index contributed by atoms with van der Waals surface area (Å²) in [5, 5.41) is 9.28. The maximum atomic E-state index is 9.28. The standard InChI is InChI=1S/C14H22N2O2/c1-16(2)14(12(15)9-17)11-5-6-13-10(8-11)4-3-7-18-13/h5-6,8,12,14,17H,3-4,7,9,15H2,1-2H3. The van der Waals surface area contributed by atoms with Crippen molar-refractivity contribution in [3.05, 3.63) is 29.3 Å². The summed E-state index contributed by atoms with van der Waals surface area (Å²) in [6.07, 6.45) is 2.12. The van der Waals surface area contributed by atoms with Gasteiger partial charge in [0.1, 0.15) is 5.75 Å². The second-order valence-corrected chi connectivity index (χ2v) is 5.07. The Hall–Kier alpha value is -1.10. The maximum absolute atomic E-state index is 9.28. The first kappa shape index (κ1) is 13.3. The number of hydrogen-bond acceptors (Lipinski definition) is 4. The molecular formula is C14H22N2O2. The molecule has 0 amide bonds. The smallest absolute Gasteiger partial charge is 0.122 e. The van der Waals surface area contributed by atoms with Gasteiger partial charge in [-0.3, -0.25) is 0 Å². The average Bonchev–Trinajstić information content (AvgIpc) is 2.38. The zero-order valence-electron chi connectivity index (χ0n) is 11.1. The largest absolute Gasteiger partial charge is 0.493 e. The predicted molar refractivity (Wildman–Crippen MR) is 71.7 cm³/mol. The highest BCUT2D eigenvalue weighted by Crippen LogP contribution is 2.30. The molecule has 0 fully saturated rings. The summed E-state index contributed by atoms with van der Waals surface area (Å²) in [5.41, 5.74) is 8.39. The van der Waals surface area contributed by atoms with E-state index in [0.717, 1.165) is 30.8 Å². The molecule has 4 nitrogen and oxygen atoms in total. The molecule has 1 aliphatic heterocycles. The third kappa shape index (κ3) is 2.66. The molecule has 1 aromatic rings. The lowest BCUT2D eigenvalue weighted by molar-refractivity contribution is 0.181. The molecule has 1 aliphatic rings. The monoisotopic (exact) mass is 250 g/mol. The first-order valence-electron chi connectivity index (χ1n) is 6.42. The van der Waals surface area contributed by atoms with Gasteiger partial charge in [0.05, 0.1) is 19.3 Å². The third-order valence-electron chi connectivity index (χ3n) is 3.45. The number of hydrogen-bond donors (Lipinski definition) is 2. The Morgan fingerprint density at radius 3 is 2.89 bits per heavy atom. The van der Waals surface area contributed by atoms with Crippen molar-refractivity contribution in [1.82, 2.24) is 4.90 Å². The Kier molecular flexibility index (Phi) is 4.22. The minimum atomic E-state index is -0.275. The maximum Gasteiger partial charge on any atom is 0.122 e. The van der Waals surface area contributed by atoms with Gasteiger partial charge in [0.2, 0.25) is 0 Å². The lowest BCUT2D eigenvalue weighted by Crippen LogP contribution is -2.39. The quantitative estimate of drug-likeness (QED) is 0.835. The van der Waals surface area contributed by atoms with E-state index in [-0.39, 0.29) is 18.7 Å². The fourth-order valence-electron chi connectivity index (χ4n) is 2.59. The molecule has 18 heavy (non-hydrogen) atoms. The second kappa shape index (κ2) is 5.69. The van der Waals surface area contributed by atoms with E-state index >= 15 is 0 Å². The van der Waals surface area contributed by atoms with Gasteiger partial charge in [-0.1, -0.05) is 12.1 Å². The van der Waals surface area contributed by atoms with E-state index in [1.807, 2.05) is 31.1 Å². The van der Waals surface area contributed by atoms with E-state index in [4.69, 9.17) is 10.5 Å². The van der Waals surface area contributed by atoms with Crippen LogP contribution >= 0.6 is 0 Å². The molecule has 4 heteroatoms. The van der Waals surface area contributed by atoms with Gasteiger partial charge in [0.25, 0.3) is 0 Å². The highest BCUT2D eigenvalue weighted by atomic mass is 16.5. The van der Waals surface area contributed by atoms with Crippen LogP contribution in [0.15, 0.2) is 18.2 Å². The minimum Gasteiger partial charge on any atom is -0.493 e. The van der Waals surface area contributed by atoms with Crippen LogP contribution in [-0.4, -0.2) is 43.4 Å². The third-order valence-corrected chi connectivity index (χ3v) is 3.45. The van der Waals surface area contributed by atoms with Crippen LogP contribution in [0.1, 0.15) is 23.6 Å². The van der Waals surface area contributed by atoms with Gasteiger partial charge in [-0.05, 0) is 44.1 Å². The Balaban J connectivity index is 2.30. The zero-order valence-corrected chi connectivity index (χ0v) is 11.1. The van der Waals surface area contributed by atoms with Gasteiger partial charge >= 0.3 is 0 Å². The normalized spacial score (nSPS) is 18.1. The molecule has 2 rings (SSSR count). The fraction of sp³-hybridized carbons (Fsp3) is 0.571. The molecule has 0 bridgehead atoms. The Morgan fingerprint density at radius 2 is 2.22 bits per heavy atom. The fourth-order valence-corrected chi connectivity index (χ4v) is 2.59. The van der Waals surface area contributed by atoms with Crippen molar-refractivity contribution in [2.24, 2.45) is 5.73 Å². The molecule has 1 aromatic carbocycles. The van der Waals surface area contributed by atoms with Crippen molar-refractivity contribution in [1.29, 1.82) is 0 Å². The Bertz CT molecular complexity index is 407. The molecule has 0 saturated carbocycles. The van der Waals surface area contributed by atoms with Crippen molar-refractivity contribution in [2.75, 3.05) is 27.3 Å². The number of rotatable bonds is 4. The molecule has 1 heterocycles. The van der Waals surface area contributed by atoms with Crippen LogP contribution in [0, 0.1) is 0 Å². The molecule has 0 saturated heterocycles. The summed E-state index contributed by atoms with van der Waals surface area (Å²) in [5.74, 6) is 0.986. The number of benzene rings is 1. The average molecular weight is 250 g/mol. The van der Waals surface area contributed by atoms with Crippen LogP contribution in [-0.2, 0) is 6.42 Å². The highest BCUT2D eigenvalue weighted by Gasteiger charge is 2.23. The molecule has 0 aliphatic carbocycles. The molecule has 0 aromatic heterocycles. The van der Waals surface area contributed by atoms with Gasteiger partial charge in [-0.25, -0.2) is 0 Å². The van der Waals surface area contributed by atoms with E-state index in [0.29, 0.717) is 0 Å². The minimum absolute atomic E-state index is 0.0174. The second-order valence-electron chi connectivity index (χ2n) is 5.07. The Labute approximate surface area is 108 Å². The molecule has 2 unspecified atom stereocenters. The summed E-state index contributed by atoms with van der Waals surface area (Å²) in [4.78, 5) is 2.05. The van der Waals surface area contributed by atoms with Gasteiger partial charge in [-0.2, -0.15) is 0 Å². The van der Waals surface area contributed by atoms with Crippen LogP contribution < -0.4 is 10.5 Å². The Morgan fingerprint density at radius 1 is 1.44 bits per heavy atom. The van der Waals surface area contributed by atoms with Crippen LogP contribution in [0.2, 0.25) is 0 Å². The highest BCUT2D eigenvalue weighted by molar-refractivity contribution is 5.40. The van der Waals surface area contributed by atoms with Gasteiger partial charge in [0, 0.05) is 6.04 Å². The molecular weight excluding hydrogens is 228 g/mol. The summed E-state index contributed by atoms with van der Waals surface area (Å²) < 4.78 is 5.61. The summed E-state index contributed by atoms with van der Waals surface area (Å²) in [7, 11) is 3.96. The first-order chi connectivity index (χ1) is 8.63. The molecule has 2 atom stereocenters. The molecule has 0 spiro atoms. The number of nitrogens with zero attached hydrogens (tertiary/aromatic N) is 1. The molecule has 3 N–H and O–H groups in total. The van der Waals surface area contributed by atoms with E-state index in [2.05, 4.69) is 6.07 Å². The van der Waals surface area contributed by atoms with Crippen LogP contribution in [0.3, 0.4) is 0 Å². The van der Waals surface area contributed by atoms with Crippen molar-refractivity contribution in [3.8, 4) is 5.75 Å². The summed E-state index contributed by atoms with van der Waals surface area (Å²) in [6.45, 7) is 0.788. The number of aryl methyl sites for hydroxylation is 1. The molecule has 100 valence electrons. The van der Waals surface area contributed by atoms with Crippen LogP contribution in [0.4, 0.5) is 0 Å². The van der Waals surface area contributed by atoms with Crippen molar-refractivity contribution in [2.45, 2.75) is 24.9 Å². The van der Waals surface area contributed by atoms with Crippen molar-refractivity contribution in [3.63, 3.8) is 0 Å². The van der Waals surface area contributed by atoms with E-state index in [1.54, 1.807) is 0 Å². The number of aliphatic hydroxyl groups excluding tert-OH is 1. The van der Waals surface area contributed by atoms with E-state index in [1.165, 1.54) is 5.56 Å². The van der Waals surface area contributed by atoms with E-state index in [9.17, 15) is 5.11 Å². The van der Waals surface area contributed by atoms with E-state index < -0.39 is 0 Å². The van der Waals surface area contributed by atoms with Crippen molar-refractivity contribution < 1.29 is 9.84 Å². The van der Waals surface area contributed by atoms with Gasteiger partial charge in [0.15, 0.2) is 0 Å². The number of likely N-dealkylation sites (N-methyl/N-ethyl adjacent to an activating group) is 1. The zero-order chi connectivity index (χ0) is 13.1. The number of ether oxygens (including phenoxy) is 1. The summed E-state index contributed by atoms with van der Waals surface area (Å²) >= 11 is 0. The first-order valence-corrected chi connectivity index (χ1v) is 6.42. The predicted octanol–water partition coefficient (Wildman–Crippen LogP) is 0.934. The lowest BCUT2D eigenvalue weighted by Gasteiger charge is -2.30. The number of nitrogens with two attached hydrogens (primary N) is 1. The number of aliphatic hydroxyl groups is 1. The van der Waals surface area contributed by atoms with Crippen LogP contribution in [0.25, 0.3) is 0 Å².